The number of rotatable bonds is 5. The first-order valence-corrected chi connectivity index (χ1v) is 6.78. The van der Waals surface area contributed by atoms with E-state index in [-0.39, 0.29) is 17.5 Å². The third-order valence-corrected chi connectivity index (χ3v) is 3.46. The minimum atomic E-state index is -0.483. The van der Waals surface area contributed by atoms with Crippen molar-refractivity contribution >= 4 is 17.3 Å². The van der Waals surface area contributed by atoms with Crippen LogP contribution in [0.15, 0.2) is 42.5 Å². The molecule has 0 amide bonds. The maximum atomic E-state index is 10.8. The molecule has 0 saturated carbocycles. The number of hydrogen-bond acceptors (Lipinski definition) is 4. The zero-order chi connectivity index (χ0) is 15.4. The molecule has 0 bridgehead atoms. The Morgan fingerprint density at radius 3 is 2.71 bits per heavy atom. The third kappa shape index (κ3) is 3.71. The largest absolute Gasteiger partial charge is 0.456 e. The Bertz CT molecular complexity index is 661. The molecular weight excluding hydrogens is 292 g/mol. The average molecular weight is 307 g/mol. The molecule has 0 aromatic heterocycles. The van der Waals surface area contributed by atoms with E-state index in [9.17, 15) is 10.1 Å². The predicted octanol–water partition coefficient (Wildman–Crippen LogP) is 4.32. The highest BCUT2D eigenvalue weighted by molar-refractivity contribution is 6.32. The minimum absolute atomic E-state index is 0.0610. The van der Waals surface area contributed by atoms with Crippen LogP contribution in [0.3, 0.4) is 0 Å². The number of nitro groups is 1. The molecule has 110 valence electrons. The molecule has 6 heteroatoms. The van der Waals surface area contributed by atoms with Crippen LogP contribution >= 0.6 is 11.6 Å². The topological polar surface area (TPSA) is 64.4 Å². The molecule has 1 N–H and O–H groups in total. The highest BCUT2D eigenvalue weighted by Crippen LogP contribution is 2.33. The number of benzene rings is 2. The number of ether oxygens (including phenoxy) is 1. The van der Waals surface area contributed by atoms with Crippen LogP contribution in [-0.2, 0) is 0 Å². The van der Waals surface area contributed by atoms with Gasteiger partial charge >= 0.3 is 0 Å². The van der Waals surface area contributed by atoms with Gasteiger partial charge in [-0.15, -0.1) is 0 Å². The van der Waals surface area contributed by atoms with Gasteiger partial charge in [0.05, 0.1) is 16.0 Å². The SMILES string of the molecule is CNC(C)c1cccc(Oc2cc([N+](=O)[O-])ccc2Cl)c1. The Labute approximate surface area is 127 Å². The standard InChI is InChI=1S/C15H15ClN2O3/c1-10(17-2)11-4-3-5-13(8-11)21-15-9-12(18(19)20)6-7-14(15)16/h3-10,17H,1-2H3. The molecule has 0 aliphatic carbocycles. The predicted molar refractivity (Wildman–Crippen MR) is 82.1 cm³/mol. The normalized spacial score (nSPS) is 12.0. The highest BCUT2D eigenvalue weighted by Gasteiger charge is 2.12. The lowest BCUT2D eigenvalue weighted by Crippen LogP contribution is -2.12. The van der Waals surface area contributed by atoms with Gasteiger partial charge in [-0.3, -0.25) is 10.1 Å². The monoisotopic (exact) mass is 306 g/mol. The van der Waals surface area contributed by atoms with Gasteiger partial charge in [0, 0.05) is 12.1 Å². The number of halogens is 1. The van der Waals surface area contributed by atoms with E-state index in [0.717, 1.165) is 5.56 Å². The Balaban J connectivity index is 2.29. The Morgan fingerprint density at radius 2 is 2.05 bits per heavy atom. The average Bonchev–Trinajstić information content (AvgIpc) is 2.48. The number of nitrogens with zero attached hydrogens (tertiary/aromatic N) is 1. The molecule has 0 saturated heterocycles. The number of hydrogen-bond donors (Lipinski definition) is 1. The molecule has 0 aliphatic rings. The summed E-state index contributed by atoms with van der Waals surface area (Å²) in [6.45, 7) is 2.03. The molecule has 0 fully saturated rings. The zero-order valence-electron chi connectivity index (χ0n) is 11.7. The van der Waals surface area contributed by atoms with E-state index in [1.807, 2.05) is 32.2 Å². The van der Waals surface area contributed by atoms with Crippen molar-refractivity contribution in [2.45, 2.75) is 13.0 Å². The summed E-state index contributed by atoms with van der Waals surface area (Å²) in [4.78, 5) is 10.3. The smallest absolute Gasteiger partial charge is 0.273 e. The van der Waals surface area contributed by atoms with Gasteiger partial charge in [0.1, 0.15) is 5.75 Å². The van der Waals surface area contributed by atoms with Crippen LogP contribution in [0, 0.1) is 10.1 Å². The van der Waals surface area contributed by atoms with Crippen molar-refractivity contribution in [3.63, 3.8) is 0 Å². The van der Waals surface area contributed by atoms with Gasteiger partial charge in [0.15, 0.2) is 5.75 Å². The van der Waals surface area contributed by atoms with Crippen molar-refractivity contribution < 1.29 is 9.66 Å². The van der Waals surface area contributed by atoms with Gasteiger partial charge in [-0.25, -0.2) is 0 Å². The molecule has 0 spiro atoms. The number of nitrogens with one attached hydrogen (secondary N) is 1. The first-order valence-electron chi connectivity index (χ1n) is 6.40. The fourth-order valence-corrected chi connectivity index (χ4v) is 1.98. The molecule has 1 unspecified atom stereocenters. The highest BCUT2D eigenvalue weighted by atomic mass is 35.5. The summed E-state index contributed by atoms with van der Waals surface area (Å²) >= 11 is 6.02. The van der Waals surface area contributed by atoms with Gasteiger partial charge in [0.25, 0.3) is 5.69 Å². The molecule has 21 heavy (non-hydrogen) atoms. The third-order valence-electron chi connectivity index (χ3n) is 3.14. The summed E-state index contributed by atoms with van der Waals surface area (Å²) in [5.74, 6) is 0.845. The van der Waals surface area contributed by atoms with E-state index < -0.39 is 4.92 Å². The van der Waals surface area contributed by atoms with Crippen molar-refractivity contribution in [3.05, 3.63) is 63.2 Å². The maximum Gasteiger partial charge on any atom is 0.273 e. The van der Waals surface area contributed by atoms with Crippen molar-refractivity contribution in [1.82, 2.24) is 5.32 Å². The van der Waals surface area contributed by atoms with E-state index in [1.165, 1.54) is 18.2 Å². The molecule has 2 rings (SSSR count). The van der Waals surface area contributed by atoms with Crippen LogP contribution in [0.1, 0.15) is 18.5 Å². The van der Waals surface area contributed by atoms with Gasteiger partial charge in [-0.2, -0.15) is 0 Å². The summed E-state index contributed by atoms with van der Waals surface area (Å²) in [7, 11) is 1.87. The van der Waals surface area contributed by atoms with Crippen LogP contribution in [-0.4, -0.2) is 12.0 Å². The summed E-state index contributed by atoms with van der Waals surface area (Å²) in [6.07, 6.45) is 0. The summed E-state index contributed by atoms with van der Waals surface area (Å²) in [5, 5.41) is 14.3. The van der Waals surface area contributed by atoms with E-state index in [0.29, 0.717) is 10.8 Å². The van der Waals surface area contributed by atoms with Gasteiger partial charge < -0.3 is 10.1 Å². The lowest BCUT2D eigenvalue weighted by Gasteiger charge is -2.13. The lowest BCUT2D eigenvalue weighted by atomic mass is 10.1. The molecule has 5 nitrogen and oxygen atoms in total. The van der Waals surface area contributed by atoms with Crippen LogP contribution in [0.4, 0.5) is 5.69 Å². The van der Waals surface area contributed by atoms with Crippen molar-refractivity contribution in [1.29, 1.82) is 0 Å². The Kier molecular flexibility index (Phi) is 4.77. The Hall–Kier alpha value is -2.11. The number of non-ortho nitro benzene ring substituents is 1. The second-order valence-corrected chi connectivity index (χ2v) is 4.96. The maximum absolute atomic E-state index is 10.8. The van der Waals surface area contributed by atoms with E-state index in [4.69, 9.17) is 16.3 Å². The molecule has 0 aliphatic heterocycles. The van der Waals surface area contributed by atoms with Crippen molar-refractivity contribution in [3.8, 4) is 11.5 Å². The molecule has 2 aromatic carbocycles. The molecular formula is C15H15ClN2O3. The molecule has 2 aromatic rings. The summed E-state index contributed by atoms with van der Waals surface area (Å²) < 4.78 is 5.67. The zero-order valence-corrected chi connectivity index (χ0v) is 12.4. The summed E-state index contributed by atoms with van der Waals surface area (Å²) in [6, 6.07) is 11.8. The molecule has 0 heterocycles. The van der Waals surface area contributed by atoms with Crippen LogP contribution in [0.25, 0.3) is 0 Å². The van der Waals surface area contributed by atoms with Crippen LogP contribution in [0.2, 0.25) is 5.02 Å². The fourth-order valence-electron chi connectivity index (χ4n) is 1.82. The van der Waals surface area contributed by atoms with Gasteiger partial charge in [0.2, 0.25) is 0 Å². The van der Waals surface area contributed by atoms with Crippen molar-refractivity contribution in [2.75, 3.05) is 7.05 Å². The second kappa shape index (κ2) is 6.56. The first kappa shape index (κ1) is 15.3. The number of nitro benzene ring substituents is 1. The van der Waals surface area contributed by atoms with Crippen molar-refractivity contribution in [2.24, 2.45) is 0 Å². The van der Waals surface area contributed by atoms with Gasteiger partial charge in [-0.05, 0) is 37.7 Å². The van der Waals surface area contributed by atoms with E-state index in [1.54, 1.807) is 6.07 Å². The lowest BCUT2D eigenvalue weighted by molar-refractivity contribution is -0.384. The Morgan fingerprint density at radius 1 is 1.29 bits per heavy atom. The summed E-state index contributed by atoms with van der Waals surface area (Å²) in [5.41, 5.74) is 0.991. The second-order valence-electron chi connectivity index (χ2n) is 4.56. The minimum Gasteiger partial charge on any atom is -0.456 e. The van der Waals surface area contributed by atoms with Crippen LogP contribution in [0.5, 0.6) is 11.5 Å². The first-order chi connectivity index (χ1) is 10.0. The van der Waals surface area contributed by atoms with Crippen LogP contribution < -0.4 is 10.1 Å². The molecule has 0 radical (unpaired) electrons. The molecule has 1 atom stereocenters. The fraction of sp³-hybridized carbons (Fsp3) is 0.200. The quantitative estimate of drug-likeness (QED) is 0.660. The van der Waals surface area contributed by atoms with E-state index >= 15 is 0 Å². The van der Waals surface area contributed by atoms with Gasteiger partial charge in [-0.1, -0.05) is 23.7 Å². The van der Waals surface area contributed by atoms with E-state index in [2.05, 4.69) is 5.32 Å².